The number of hydrogen-bond acceptors (Lipinski definition) is 7. The summed E-state index contributed by atoms with van der Waals surface area (Å²) in [5.41, 5.74) is 0. The lowest BCUT2D eigenvalue weighted by molar-refractivity contribution is -0.128. The number of hydrogen-bond donors (Lipinski definition) is 1. The zero-order valence-corrected chi connectivity index (χ0v) is 12.7. The van der Waals surface area contributed by atoms with Crippen molar-refractivity contribution in [2.45, 2.75) is 19.4 Å². The highest BCUT2D eigenvalue weighted by Gasteiger charge is 2.21. The maximum atomic E-state index is 12.0. The SMILES string of the molecule is COCCNCc1nnc(N(C)CC(=O)N2CCCC2)o1. The molecular weight excluding hydrogens is 274 g/mol. The number of likely N-dealkylation sites (tertiary alicyclic amines) is 1. The zero-order chi connectivity index (χ0) is 15.1. The van der Waals surface area contributed by atoms with Crippen LogP contribution in [-0.2, 0) is 16.1 Å². The van der Waals surface area contributed by atoms with Gasteiger partial charge in [-0.25, -0.2) is 0 Å². The van der Waals surface area contributed by atoms with E-state index in [9.17, 15) is 4.79 Å². The number of nitrogens with zero attached hydrogens (tertiary/aromatic N) is 4. The molecule has 0 spiro atoms. The molecule has 2 heterocycles. The number of nitrogens with one attached hydrogen (secondary N) is 1. The number of ether oxygens (including phenoxy) is 1. The second kappa shape index (κ2) is 7.94. The molecule has 1 N–H and O–H groups in total. The van der Waals surface area contributed by atoms with Gasteiger partial charge in [-0.1, -0.05) is 5.10 Å². The van der Waals surface area contributed by atoms with E-state index in [0.717, 1.165) is 32.5 Å². The average molecular weight is 297 g/mol. The van der Waals surface area contributed by atoms with Crippen molar-refractivity contribution < 1.29 is 13.9 Å². The van der Waals surface area contributed by atoms with Crippen LogP contribution in [0.3, 0.4) is 0 Å². The van der Waals surface area contributed by atoms with Crippen molar-refractivity contribution in [1.82, 2.24) is 20.4 Å². The van der Waals surface area contributed by atoms with Crippen LogP contribution in [0, 0.1) is 0 Å². The Morgan fingerprint density at radius 2 is 2.19 bits per heavy atom. The highest BCUT2D eigenvalue weighted by atomic mass is 16.5. The minimum absolute atomic E-state index is 0.105. The van der Waals surface area contributed by atoms with Gasteiger partial charge in [-0.15, -0.1) is 5.10 Å². The Bertz CT molecular complexity index is 445. The predicted molar refractivity (Wildman–Crippen MR) is 77.0 cm³/mol. The van der Waals surface area contributed by atoms with Crippen LogP contribution in [0.4, 0.5) is 6.01 Å². The number of methoxy groups -OCH3 is 1. The molecule has 1 amide bonds. The number of carbonyl (C=O) groups excluding carboxylic acids is 1. The van der Waals surface area contributed by atoms with Gasteiger partial charge in [0.05, 0.1) is 13.2 Å². The van der Waals surface area contributed by atoms with Crippen molar-refractivity contribution in [2.75, 3.05) is 51.8 Å². The molecule has 8 heteroatoms. The molecule has 0 atom stereocenters. The van der Waals surface area contributed by atoms with Crippen LogP contribution >= 0.6 is 0 Å². The standard InChI is InChI=1S/C13H23N5O3/c1-17(10-12(19)18-6-3-4-7-18)13-16-15-11(21-13)9-14-5-8-20-2/h14H,3-10H2,1-2H3. The van der Waals surface area contributed by atoms with E-state index in [1.54, 1.807) is 19.1 Å². The first-order valence-electron chi connectivity index (χ1n) is 7.21. The van der Waals surface area contributed by atoms with E-state index >= 15 is 0 Å². The molecule has 1 aliphatic heterocycles. The van der Waals surface area contributed by atoms with Crippen molar-refractivity contribution >= 4 is 11.9 Å². The first-order chi connectivity index (χ1) is 10.2. The molecule has 1 aliphatic rings. The summed E-state index contributed by atoms with van der Waals surface area (Å²) in [5, 5.41) is 11.0. The van der Waals surface area contributed by atoms with Gasteiger partial charge in [0.1, 0.15) is 6.54 Å². The molecule has 8 nitrogen and oxygen atoms in total. The first kappa shape index (κ1) is 15.7. The number of likely N-dealkylation sites (N-methyl/N-ethyl adjacent to an activating group) is 1. The summed E-state index contributed by atoms with van der Waals surface area (Å²) in [6.07, 6.45) is 2.18. The lowest BCUT2D eigenvalue weighted by atomic mass is 10.4. The van der Waals surface area contributed by atoms with Gasteiger partial charge in [-0.3, -0.25) is 4.79 Å². The second-order valence-electron chi connectivity index (χ2n) is 5.09. The van der Waals surface area contributed by atoms with E-state index in [0.29, 0.717) is 25.1 Å². The summed E-state index contributed by atoms with van der Waals surface area (Å²) < 4.78 is 10.5. The Labute approximate surface area is 124 Å². The maximum absolute atomic E-state index is 12.0. The maximum Gasteiger partial charge on any atom is 0.318 e. The molecule has 1 saturated heterocycles. The van der Waals surface area contributed by atoms with Crippen LogP contribution in [0.25, 0.3) is 0 Å². The molecule has 0 bridgehead atoms. The summed E-state index contributed by atoms with van der Waals surface area (Å²) in [6, 6.07) is 0.367. The van der Waals surface area contributed by atoms with Crippen molar-refractivity contribution in [1.29, 1.82) is 0 Å². The Morgan fingerprint density at radius 3 is 2.90 bits per heavy atom. The highest BCUT2D eigenvalue weighted by Crippen LogP contribution is 2.12. The summed E-state index contributed by atoms with van der Waals surface area (Å²) in [7, 11) is 3.43. The van der Waals surface area contributed by atoms with Gasteiger partial charge in [0.25, 0.3) is 0 Å². The summed E-state index contributed by atoms with van der Waals surface area (Å²) in [5.74, 6) is 0.606. The quantitative estimate of drug-likeness (QED) is 0.669. The number of amides is 1. The lowest BCUT2D eigenvalue weighted by Gasteiger charge is -2.19. The van der Waals surface area contributed by atoms with Gasteiger partial charge < -0.3 is 24.3 Å². The minimum atomic E-state index is 0.105. The van der Waals surface area contributed by atoms with Gasteiger partial charge in [-0.2, -0.15) is 0 Å². The van der Waals surface area contributed by atoms with Crippen LogP contribution in [0.1, 0.15) is 18.7 Å². The molecule has 0 aromatic carbocycles. The average Bonchev–Trinajstić information content (AvgIpc) is 3.14. The molecule has 1 fully saturated rings. The topological polar surface area (TPSA) is 83.7 Å². The normalized spacial score (nSPS) is 14.7. The van der Waals surface area contributed by atoms with Gasteiger partial charge in [0.2, 0.25) is 11.8 Å². The molecular formula is C13H23N5O3. The molecule has 0 saturated carbocycles. The number of rotatable bonds is 8. The van der Waals surface area contributed by atoms with E-state index in [4.69, 9.17) is 9.15 Å². The number of carbonyl (C=O) groups is 1. The van der Waals surface area contributed by atoms with Gasteiger partial charge in [-0.05, 0) is 12.8 Å². The van der Waals surface area contributed by atoms with Crippen LogP contribution in [-0.4, -0.2) is 67.9 Å². The fourth-order valence-corrected chi connectivity index (χ4v) is 2.18. The van der Waals surface area contributed by atoms with Crippen molar-refractivity contribution in [3.05, 3.63) is 5.89 Å². The first-order valence-corrected chi connectivity index (χ1v) is 7.21. The van der Waals surface area contributed by atoms with Gasteiger partial charge >= 0.3 is 6.01 Å². The van der Waals surface area contributed by atoms with E-state index in [1.807, 2.05) is 4.90 Å². The summed E-state index contributed by atoms with van der Waals surface area (Å²) >= 11 is 0. The fraction of sp³-hybridized carbons (Fsp3) is 0.769. The summed E-state index contributed by atoms with van der Waals surface area (Å²) in [6.45, 7) is 3.81. The van der Waals surface area contributed by atoms with E-state index < -0.39 is 0 Å². The van der Waals surface area contributed by atoms with Crippen LogP contribution in [0.15, 0.2) is 4.42 Å². The Kier molecular flexibility index (Phi) is 5.94. The van der Waals surface area contributed by atoms with E-state index in [2.05, 4.69) is 15.5 Å². The zero-order valence-electron chi connectivity index (χ0n) is 12.7. The molecule has 0 aliphatic carbocycles. The molecule has 2 rings (SSSR count). The second-order valence-corrected chi connectivity index (χ2v) is 5.09. The van der Waals surface area contributed by atoms with Crippen LogP contribution in [0.2, 0.25) is 0 Å². The molecule has 1 aromatic rings. The molecule has 21 heavy (non-hydrogen) atoms. The molecule has 118 valence electrons. The van der Waals surface area contributed by atoms with Gasteiger partial charge in [0, 0.05) is 33.8 Å². The Morgan fingerprint density at radius 1 is 1.43 bits per heavy atom. The van der Waals surface area contributed by atoms with Crippen molar-refractivity contribution in [2.24, 2.45) is 0 Å². The van der Waals surface area contributed by atoms with Crippen molar-refractivity contribution in [3.63, 3.8) is 0 Å². The van der Waals surface area contributed by atoms with E-state index in [1.165, 1.54) is 0 Å². The summed E-state index contributed by atoms with van der Waals surface area (Å²) in [4.78, 5) is 15.6. The fourth-order valence-electron chi connectivity index (χ4n) is 2.18. The minimum Gasteiger partial charge on any atom is -0.407 e. The molecule has 1 aromatic heterocycles. The highest BCUT2D eigenvalue weighted by molar-refractivity contribution is 5.80. The Hall–Kier alpha value is -1.67. The lowest BCUT2D eigenvalue weighted by Crippen LogP contribution is -2.37. The third-order valence-corrected chi connectivity index (χ3v) is 3.37. The van der Waals surface area contributed by atoms with Gasteiger partial charge in [0.15, 0.2) is 0 Å². The monoisotopic (exact) mass is 297 g/mol. The Balaban J connectivity index is 1.78. The molecule has 0 radical (unpaired) electrons. The van der Waals surface area contributed by atoms with Crippen molar-refractivity contribution in [3.8, 4) is 0 Å². The third kappa shape index (κ3) is 4.68. The smallest absolute Gasteiger partial charge is 0.318 e. The number of anilines is 1. The third-order valence-electron chi connectivity index (χ3n) is 3.37. The van der Waals surface area contributed by atoms with Crippen LogP contribution < -0.4 is 10.2 Å². The predicted octanol–water partition coefficient (Wildman–Crippen LogP) is -0.136. The largest absolute Gasteiger partial charge is 0.407 e. The number of aromatic nitrogens is 2. The molecule has 0 unspecified atom stereocenters. The van der Waals surface area contributed by atoms with Crippen LogP contribution in [0.5, 0.6) is 0 Å². The van der Waals surface area contributed by atoms with E-state index in [-0.39, 0.29) is 12.5 Å².